The van der Waals surface area contributed by atoms with E-state index >= 15 is 0 Å². The molecule has 0 aromatic heterocycles. The predicted octanol–water partition coefficient (Wildman–Crippen LogP) is 1.03. The topological polar surface area (TPSA) is 84.2 Å². The molecule has 1 fully saturated rings. The van der Waals surface area contributed by atoms with E-state index in [2.05, 4.69) is 10.6 Å². The van der Waals surface area contributed by atoms with Gasteiger partial charge in [-0.05, 0) is 24.1 Å². The van der Waals surface area contributed by atoms with Gasteiger partial charge in [0.25, 0.3) is 0 Å². The highest BCUT2D eigenvalue weighted by atomic mass is 35.5. The third-order valence-electron chi connectivity index (χ3n) is 3.09. The lowest BCUT2D eigenvalue weighted by atomic mass is 9.98. The number of benzene rings is 1. The van der Waals surface area contributed by atoms with Gasteiger partial charge in [-0.15, -0.1) is 12.4 Å². The fourth-order valence-electron chi connectivity index (χ4n) is 1.93. The third-order valence-corrected chi connectivity index (χ3v) is 3.09. The summed E-state index contributed by atoms with van der Waals surface area (Å²) in [7, 11) is 0. The lowest BCUT2D eigenvalue weighted by Gasteiger charge is -2.21. The zero-order valence-corrected chi connectivity index (χ0v) is 11.3. The quantitative estimate of drug-likeness (QED) is 0.775. The van der Waals surface area contributed by atoms with Crippen LogP contribution in [0, 0.1) is 5.92 Å². The Kier molecular flexibility index (Phi) is 5.79. The molecule has 2 rings (SSSR count). The average molecular weight is 284 g/mol. The van der Waals surface area contributed by atoms with Crippen molar-refractivity contribution in [2.45, 2.75) is 19.4 Å². The summed E-state index contributed by atoms with van der Waals surface area (Å²) in [5.74, 6) is -0.168. The molecule has 0 bridgehead atoms. The van der Waals surface area contributed by atoms with Crippen molar-refractivity contribution < 1.29 is 9.59 Å². The summed E-state index contributed by atoms with van der Waals surface area (Å²) in [6.07, 6.45) is 1.03. The van der Waals surface area contributed by atoms with Crippen LogP contribution in [0.1, 0.15) is 18.4 Å². The molecule has 6 heteroatoms. The molecule has 0 saturated carbocycles. The zero-order valence-electron chi connectivity index (χ0n) is 10.5. The van der Waals surface area contributed by atoms with Gasteiger partial charge in [0.05, 0.1) is 5.92 Å². The Morgan fingerprint density at radius 1 is 1.37 bits per heavy atom. The first-order chi connectivity index (χ1) is 8.69. The molecule has 1 aliphatic heterocycles. The van der Waals surface area contributed by atoms with Gasteiger partial charge in [0, 0.05) is 25.2 Å². The molecular weight excluding hydrogens is 266 g/mol. The van der Waals surface area contributed by atoms with Crippen LogP contribution in [-0.4, -0.2) is 18.4 Å². The van der Waals surface area contributed by atoms with Gasteiger partial charge in [-0.2, -0.15) is 0 Å². The van der Waals surface area contributed by atoms with Crippen LogP contribution < -0.4 is 16.4 Å². The number of amides is 2. The first-order valence-electron chi connectivity index (χ1n) is 6.05. The largest absolute Gasteiger partial charge is 0.355 e. The number of carbonyl (C=O) groups excluding carboxylic acids is 2. The van der Waals surface area contributed by atoms with Crippen LogP contribution in [0.5, 0.6) is 0 Å². The van der Waals surface area contributed by atoms with Crippen LogP contribution in [0.15, 0.2) is 24.3 Å². The van der Waals surface area contributed by atoms with Crippen molar-refractivity contribution in [2.24, 2.45) is 11.7 Å². The molecule has 1 aromatic rings. The van der Waals surface area contributed by atoms with E-state index in [4.69, 9.17) is 5.73 Å². The minimum Gasteiger partial charge on any atom is -0.355 e. The summed E-state index contributed by atoms with van der Waals surface area (Å²) in [5, 5.41) is 5.55. The maximum atomic E-state index is 11.9. The molecule has 0 spiro atoms. The van der Waals surface area contributed by atoms with E-state index in [-0.39, 0.29) is 30.1 Å². The Balaban J connectivity index is 0.00000180. The van der Waals surface area contributed by atoms with E-state index in [1.165, 1.54) is 0 Å². The summed E-state index contributed by atoms with van der Waals surface area (Å²) in [5.41, 5.74) is 7.29. The number of nitrogens with one attached hydrogen (secondary N) is 2. The maximum Gasteiger partial charge on any atom is 0.229 e. The van der Waals surface area contributed by atoms with E-state index in [1.54, 1.807) is 0 Å². The molecule has 2 amide bonds. The highest BCUT2D eigenvalue weighted by molar-refractivity contribution is 5.94. The van der Waals surface area contributed by atoms with Crippen molar-refractivity contribution in [1.29, 1.82) is 0 Å². The molecule has 4 N–H and O–H groups in total. The summed E-state index contributed by atoms with van der Waals surface area (Å²) in [6, 6.07) is 7.44. The molecule has 104 valence electrons. The number of carbonyl (C=O) groups is 2. The number of piperidine rings is 1. The normalized spacial score (nSPS) is 18.2. The van der Waals surface area contributed by atoms with E-state index < -0.39 is 0 Å². The van der Waals surface area contributed by atoms with Crippen LogP contribution in [0.25, 0.3) is 0 Å². The number of nitrogens with two attached hydrogens (primary N) is 1. The van der Waals surface area contributed by atoms with Gasteiger partial charge < -0.3 is 16.4 Å². The van der Waals surface area contributed by atoms with Gasteiger partial charge in [0.2, 0.25) is 11.8 Å². The molecule has 1 atom stereocenters. The minimum absolute atomic E-state index is 0. The molecule has 1 aromatic carbocycles. The summed E-state index contributed by atoms with van der Waals surface area (Å²) >= 11 is 0. The number of halogens is 1. The van der Waals surface area contributed by atoms with Gasteiger partial charge in [-0.3, -0.25) is 9.59 Å². The Morgan fingerprint density at radius 3 is 2.58 bits per heavy atom. The van der Waals surface area contributed by atoms with Crippen molar-refractivity contribution in [3.05, 3.63) is 29.8 Å². The number of hydrogen-bond donors (Lipinski definition) is 3. The highest BCUT2D eigenvalue weighted by Crippen LogP contribution is 2.15. The Morgan fingerprint density at radius 2 is 2.05 bits per heavy atom. The van der Waals surface area contributed by atoms with Crippen molar-refractivity contribution >= 4 is 29.9 Å². The third kappa shape index (κ3) is 4.22. The number of anilines is 1. The van der Waals surface area contributed by atoms with Crippen LogP contribution in [0.3, 0.4) is 0 Å². The van der Waals surface area contributed by atoms with Gasteiger partial charge in [0.15, 0.2) is 0 Å². The van der Waals surface area contributed by atoms with Crippen LogP contribution in [-0.2, 0) is 16.1 Å². The molecule has 0 aliphatic carbocycles. The van der Waals surface area contributed by atoms with Crippen molar-refractivity contribution in [1.82, 2.24) is 5.32 Å². The number of hydrogen-bond acceptors (Lipinski definition) is 3. The van der Waals surface area contributed by atoms with Gasteiger partial charge >= 0.3 is 0 Å². The van der Waals surface area contributed by atoms with E-state index in [1.807, 2.05) is 24.3 Å². The van der Waals surface area contributed by atoms with E-state index in [9.17, 15) is 9.59 Å². The summed E-state index contributed by atoms with van der Waals surface area (Å²) < 4.78 is 0. The molecule has 1 heterocycles. The van der Waals surface area contributed by atoms with Crippen molar-refractivity contribution in [3.63, 3.8) is 0 Å². The average Bonchev–Trinajstić information content (AvgIpc) is 2.40. The second-order valence-corrected chi connectivity index (χ2v) is 4.43. The molecule has 1 unspecified atom stereocenters. The van der Waals surface area contributed by atoms with Crippen LogP contribution in [0.2, 0.25) is 0 Å². The monoisotopic (exact) mass is 283 g/mol. The standard InChI is InChI=1S/C13H17N3O2.ClH/c14-7-9-1-4-11(5-2-9)16-13(18)10-3-6-12(17)15-8-10;/h1-2,4-5,10H,3,6-8,14H2,(H,15,17)(H,16,18);1H. The fourth-order valence-corrected chi connectivity index (χ4v) is 1.93. The van der Waals surface area contributed by atoms with E-state index in [0.717, 1.165) is 11.3 Å². The van der Waals surface area contributed by atoms with Gasteiger partial charge in [-0.25, -0.2) is 0 Å². The molecule has 19 heavy (non-hydrogen) atoms. The second kappa shape index (κ2) is 7.11. The lowest BCUT2D eigenvalue weighted by molar-refractivity contribution is -0.126. The van der Waals surface area contributed by atoms with Gasteiger partial charge in [-0.1, -0.05) is 12.1 Å². The lowest BCUT2D eigenvalue weighted by Crippen LogP contribution is -2.40. The van der Waals surface area contributed by atoms with Crippen molar-refractivity contribution in [2.75, 3.05) is 11.9 Å². The molecular formula is C13H18ClN3O2. The first-order valence-corrected chi connectivity index (χ1v) is 6.05. The summed E-state index contributed by atoms with van der Waals surface area (Å²) in [4.78, 5) is 22.9. The highest BCUT2D eigenvalue weighted by Gasteiger charge is 2.24. The molecule has 0 radical (unpaired) electrons. The Labute approximate surface area is 118 Å². The minimum atomic E-state index is -0.142. The van der Waals surface area contributed by atoms with Crippen LogP contribution >= 0.6 is 12.4 Å². The number of rotatable bonds is 3. The smallest absolute Gasteiger partial charge is 0.229 e. The first kappa shape index (κ1) is 15.5. The second-order valence-electron chi connectivity index (χ2n) is 4.43. The molecule has 5 nitrogen and oxygen atoms in total. The fraction of sp³-hybridized carbons (Fsp3) is 0.385. The Hall–Kier alpha value is -1.59. The Bertz CT molecular complexity index is 438. The summed E-state index contributed by atoms with van der Waals surface area (Å²) in [6.45, 7) is 0.911. The SMILES string of the molecule is Cl.NCc1ccc(NC(=O)C2CCC(=O)NC2)cc1. The van der Waals surface area contributed by atoms with E-state index in [0.29, 0.717) is 25.9 Å². The predicted molar refractivity (Wildman–Crippen MR) is 75.9 cm³/mol. The maximum absolute atomic E-state index is 11.9. The van der Waals surface area contributed by atoms with Crippen molar-refractivity contribution in [3.8, 4) is 0 Å². The molecule has 1 saturated heterocycles. The van der Waals surface area contributed by atoms with Gasteiger partial charge in [0.1, 0.15) is 0 Å². The van der Waals surface area contributed by atoms with Crippen LogP contribution in [0.4, 0.5) is 5.69 Å². The zero-order chi connectivity index (χ0) is 13.0. The molecule has 1 aliphatic rings.